The van der Waals surface area contributed by atoms with Crippen molar-refractivity contribution < 1.29 is 0 Å². The van der Waals surface area contributed by atoms with Gasteiger partial charge in [-0.05, 0) is 12.5 Å². The van der Waals surface area contributed by atoms with Crippen LogP contribution in [0.15, 0.2) is 36.4 Å². The molecule has 0 saturated carbocycles. The van der Waals surface area contributed by atoms with Crippen LogP contribution in [0.3, 0.4) is 0 Å². The zero-order valence-corrected chi connectivity index (χ0v) is 8.27. The van der Waals surface area contributed by atoms with Gasteiger partial charge in [0.1, 0.15) is 0 Å². The van der Waals surface area contributed by atoms with E-state index in [4.69, 9.17) is 0 Å². The molecule has 64 valence electrons. The van der Waals surface area contributed by atoms with Gasteiger partial charge >= 0.3 is 0 Å². The van der Waals surface area contributed by atoms with E-state index in [-0.39, 0.29) is 0 Å². The van der Waals surface area contributed by atoms with E-state index in [0.717, 1.165) is 0 Å². The van der Waals surface area contributed by atoms with Gasteiger partial charge in [-0.15, -0.1) is 11.8 Å². The molecule has 0 N–H and O–H groups in total. The van der Waals surface area contributed by atoms with Crippen molar-refractivity contribution in [1.29, 1.82) is 0 Å². The third-order valence-corrected chi connectivity index (χ3v) is 2.93. The Labute approximate surface area is 83.0 Å². The highest BCUT2D eigenvalue weighted by molar-refractivity contribution is 8.09. The van der Waals surface area contributed by atoms with Gasteiger partial charge in [0.15, 0.2) is 0 Å². The van der Waals surface area contributed by atoms with Gasteiger partial charge < -0.3 is 0 Å². The van der Waals surface area contributed by atoms with E-state index in [2.05, 4.69) is 43.0 Å². The molecule has 0 radical (unpaired) electrons. The van der Waals surface area contributed by atoms with Crippen molar-refractivity contribution in [2.24, 2.45) is 0 Å². The van der Waals surface area contributed by atoms with Crippen LogP contribution >= 0.6 is 11.8 Å². The minimum Gasteiger partial charge on any atom is -0.109 e. The first-order valence-electron chi connectivity index (χ1n) is 4.29. The number of hydrogen-bond acceptors (Lipinski definition) is 1. The predicted molar refractivity (Wildman–Crippen MR) is 59.2 cm³/mol. The second kappa shape index (κ2) is 3.72. The molecule has 1 heterocycles. The second-order valence-electron chi connectivity index (χ2n) is 2.92. The molecule has 0 nitrogen and oxygen atoms in total. The standard InChI is InChI=1S/C12H10S/c1-10-6-5-9-12(13-10)11-7-3-2-4-8-11/h2-4,7-10H,1H3. The van der Waals surface area contributed by atoms with E-state index in [0.29, 0.717) is 5.25 Å². The van der Waals surface area contributed by atoms with Crippen LogP contribution in [0.25, 0.3) is 4.91 Å². The van der Waals surface area contributed by atoms with Crippen molar-refractivity contribution in [3.05, 3.63) is 42.0 Å². The first-order valence-corrected chi connectivity index (χ1v) is 5.17. The fourth-order valence-electron chi connectivity index (χ4n) is 1.23. The molecule has 0 aromatic heterocycles. The second-order valence-corrected chi connectivity index (χ2v) is 4.31. The Hall–Kier alpha value is -1.13. The molecule has 1 atom stereocenters. The quantitative estimate of drug-likeness (QED) is 0.607. The van der Waals surface area contributed by atoms with Crippen LogP contribution in [0.2, 0.25) is 0 Å². The van der Waals surface area contributed by atoms with Gasteiger partial charge in [-0.2, -0.15) is 0 Å². The van der Waals surface area contributed by atoms with Crippen molar-refractivity contribution in [3.8, 4) is 11.8 Å². The molecule has 2 rings (SSSR count). The van der Waals surface area contributed by atoms with Crippen LogP contribution < -0.4 is 0 Å². The van der Waals surface area contributed by atoms with Crippen LogP contribution in [0.4, 0.5) is 0 Å². The third kappa shape index (κ3) is 1.96. The van der Waals surface area contributed by atoms with Gasteiger partial charge in [-0.3, -0.25) is 0 Å². The molecular weight excluding hydrogens is 176 g/mol. The summed E-state index contributed by atoms with van der Waals surface area (Å²) in [4.78, 5) is 1.28. The van der Waals surface area contributed by atoms with Crippen molar-refractivity contribution in [2.45, 2.75) is 12.2 Å². The summed E-state index contributed by atoms with van der Waals surface area (Å²) < 4.78 is 0. The van der Waals surface area contributed by atoms with E-state index < -0.39 is 0 Å². The SMILES string of the molecule is CC1C#CC=C(c2ccccc2)S1. The lowest BCUT2D eigenvalue weighted by Crippen LogP contribution is -1.95. The van der Waals surface area contributed by atoms with E-state index in [9.17, 15) is 0 Å². The first-order chi connectivity index (χ1) is 6.36. The fraction of sp³-hybridized carbons (Fsp3) is 0.167. The molecule has 0 amide bonds. The summed E-state index contributed by atoms with van der Waals surface area (Å²) in [6, 6.07) is 10.4. The monoisotopic (exact) mass is 186 g/mol. The molecule has 13 heavy (non-hydrogen) atoms. The first kappa shape index (κ1) is 8.47. The average molecular weight is 186 g/mol. The summed E-state index contributed by atoms with van der Waals surface area (Å²) in [6.45, 7) is 2.13. The summed E-state index contributed by atoms with van der Waals surface area (Å²) in [6.07, 6.45) is 2.00. The Morgan fingerprint density at radius 1 is 1.23 bits per heavy atom. The molecule has 1 heteroatoms. The number of thioether (sulfide) groups is 1. The molecule has 1 aliphatic heterocycles. The highest BCUT2D eigenvalue weighted by Crippen LogP contribution is 2.32. The Morgan fingerprint density at radius 3 is 2.69 bits per heavy atom. The molecule has 0 saturated heterocycles. The van der Waals surface area contributed by atoms with Gasteiger partial charge in [-0.1, -0.05) is 42.2 Å². The molecule has 0 bridgehead atoms. The molecule has 1 aromatic rings. The molecular formula is C12H10S. The number of rotatable bonds is 1. The zero-order chi connectivity index (χ0) is 9.10. The van der Waals surface area contributed by atoms with Crippen LogP contribution in [-0.4, -0.2) is 5.25 Å². The third-order valence-electron chi connectivity index (χ3n) is 1.85. The van der Waals surface area contributed by atoms with Crippen LogP contribution in [0.5, 0.6) is 0 Å². The molecule has 1 unspecified atom stereocenters. The summed E-state index contributed by atoms with van der Waals surface area (Å²) >= 11 is 1.83. The summed E-state index contributed by atoms with van der Waals surface area (Å²) in [5.74, 6) is 6.17. The topological polar surface area (TPSA) is 0 Å². The lowest BCUT2D eigenvalue weighted by molar-refractivity contribution is 1.31. The van der Waals surface area contributed by atoms with E-state index in [1.54, 1.807) is 0 Å². The van der Waals surface area contributed by atoms with Gasteiger partial charge in [0.2, 0.25) is 0 Å². The van der Waals surface area contributed by atoms with E-state index >= 15 is 0 Å². The number of allylic oxidation sites excluding steroid dienone is 1. The van der Waals surface area contributed by atoms with Gasteiger partial charge in [0.05, 0.1) is 5.25 Å². The fourth-order valence-corrected chi connectivity index (χ4v) is 2.14. The lowest BCUT2D eigenvalue weighted by atomic mass is 10.2. The number of hydrogen-bond donors (Lipinski definition) is 0. The minimum absolute atomic E-state index is 0.417. The lowest BCUT2D eigenvalue weighted by Gasteiger charge is -2.10. The van der Waals surface area contributed by atoms with Gasteiger partial charge in [-0.25, -0.2) is 0 Å². The highest BCUT2D eigenvalue weighted by Gasteiger charge is 2.08. The summed E-state index contributed by atoms with van der Waals surface area (Å²) in [5, 5.41) is 0.417. The van der Waals surface area contributed by atoms with Crippen molar-refractivity contribution in [1.82, 2.24) is 0 Å². The average Bonchev–Trinajstić information content (AvgIpc) is 2.19. The Balaban J connectivity index is 2.30. The Morgan fingerprint density at radius 2 is 2.00 bits per heavy atom. The maximum Gasteiger partial charge on any atom is 0.0680 e. The molecule has 1 aromatic carbocycles. The van der Waals surface area contributed by atoms with E-state index in [1.807, 2.05) is 23.9 Å². The minimum atomic E-state index is 0.417. The van der Waals surface area contributed by atoms with Gasteiger partial charge in [0, 0.05) is 11.0 Å². The molecule has 0 fully saturated rings. The van der Waals surface area contributed by atoms with Crippen molar-refractivity contribution >= 4 is 16.7 Å². The largest absolute Gasteiger partial charge is 0.109 e. The van der Waals surface area contributed by atoms with Crippen LogP contribution in [0.1, 0.15) is 12.5 Å². The van der Waals surface area contributed by atoms with Crippen molar-refractivity contribution in [3.63, 3.8) is 0 Å². The highest BCUT2D eigenvalue weighted by atomic mass is 32.2. The molecule has 0 spiro atoms. The van der Waals surface area contributed by atoms with Crippen LogP contribution in [0, 0.1) is 11.8 Å². The smallest absolute Gasteiger partial charge is 0.0680 e. The van der Waals surface area contributed by atoms with Gasteiger partial charge in [0.25, 0.3) is 0 Å². The Bertz CT molecular complexity index is 379. The van der Waals surface area contributed by atoms with Crippen molar-refractivity contribution in [2.75, 3.05) is 0 Å². The maximum absolute atomic E-state index is 3.12. The molecule has 1 aliphatic rings. The van der Waals surface area contributed by atoms with E-state index in [1.165, 1.54) is 10.5 Å². The predicted octanol–water partition coefficient (Wildman–Crippen LogP) is 3.17. The normalized spacial score (nSPS) is 20.1. The molecule has 0 aliphatic carbocycles. The maximum atomic E-state index is 3.12. The summed E-state index contributed by atoms with van der Waals surface area (Å²) in [7, 11) is 0. The van der Waals surface area contributed by atoms with Crippen LogP contribution in [-0.2, 0) is 0 Å². The summed E-state index contributed by atoms with van der Waals surface area (Å²) in [5.41, 5.74) is 1.27. The Kier molecular flexibility index (Phi) is 2.42. The zero-order valence-electron chi connectivity index (χ0n) is 7.45. The number of benzene rings is 1.